The summed E-state index contributed by atoms with van der Waals surface area (Å²) in [4.78, 5) is 0. The zero-order chi connectivity index (χ0) is 14.3. The van der Waals surface area contributed by atoms with Crippen molar-refractivity contribution >= 4 is 21.6 Å². The second-order valence-corrected chi connectivity index (χ2v) is 5.96. The zero-order valence-electron chi connectivity index (χ0n) is 11.4. The summed E-state index contributed by atoms with van der Waals surface area (Å²) in [6.07, 6.45) is 1.03. The van der Waals surface area contributed by atoms with Crippen LogP contribution in [0.3, 0.4) is 0 Å². The zero-order valence-corrected chi connectivity index (χ0v) is 13.0. The minimum absolute atomic E-state index is 0.113. The van der Waals surface area contributed by atoms with Crippen LogP contribution in [-0.2, 0) is 4.74 Å². The number of halogens is 1. The Morgan fingerprint density at radius 3 is 2.95 bits per heavy atom. The number of aromatic nitrogens is 4. The molecule has 2 heterocycles. The van der Waals surface area contributed by atoms with E-state index in [0.29, 0.717) is 0 Å². The van der Waals surface area contributed by atoms with E-state index in [1.807, 2.05) is 30.7 Å². The van der Waals surface area contributed by atoms with Gasteiger partial charge in [-0.3, -0.25) is 0 Å². The van der Waals surface area contributed by atoms with Crippen LogP contribution in [0, 0.1) is 6.92 Å². The fourth-order valence-electron chi connectivity index (χ4n) is 2.57. The number of nitrogens with zero attached hydrogens (tertiary/aromatic N) is 4. The van der Waals surface area contributed by atoms with E-state index in [4.69, 9.17) is 10.5 Å². The molecule has 0 saturated carbocycles. The van der Waals surface area contributed by atoms with Crippen LogP contribution in [0.1, 0.15) is 24.9 Å². The molecule has 0 bridgehead atoms. The van der Waals surface area contributed by atoms with Gasteiger partial charge in [-0.05, 0) is 48.4 Å². The van der Waals surface area contributed by atoms with Gasteiger partial charge in [0, 0.05) is 22.3 Å². The molecule has 0 radical (unpaired) electrons. The molecule has 2 aromatic rings. The molecule has 1 aromatic heterocycles. The molecular weight excluding hydrogens is 322 g/mol. The van der Waals surface area contributed by atoms with Gasteiger partial charge in [-0.1, -0.05) is 15.9 Å². The lowest BCUT2D eigenvalue weighted by Gasteiger charge is -2.17. The van der Waals surface area contributed by atoms with E-state index in [9.17, 15) is 0 Å². The van der Waals surface area contributed by atoms with E-state index in [1.54, 1.807) is 0 Å². The molecule has 1 saturated heterocycles. The first-order valence-electron chi connectivity index (χ1n) is 6.53. The van der Waals surface area contributed by atoms with Gasteiger partial charge in [-0.2, -0.15) is 0 Å². The summed E-state index contributed by atoms with van der Waals surface area (Å²) < 4.78 is 8.38. The molecule has 3 rings (SSSR count). The number of hydrogen-bond donors (Lipinski definition) is 1. The maximum absolute atomic E-state index is 6.03. The van der Waals surface area contributed by atoms with Crippen molar-refractivity contribution in [3.63, 3.8) is 0 Å². The summed E-state index contributed by atoms with van der Waals surface area (Å²) >= 11 is 3.47. The number of benzene rings is 1. The van der Waals surface area contributed by atoms with Crippen LogP contribution in [0.5, 0.6) is 0 Å². The number of tetrazole rings is 1. The Morgan fingerprint density at radius 2 is 2.25 bits per heavy atom. The molecule has 6 nitrogen and oxygen atoms in total. The number of hydrogen-bond acceptors (Lipinski definition) is 5. The van der Waals surface area contributed by atoms with Crippen LogP contribution >= 0.6 is 15.9 Å². The second kappa shape index (κ2) is 5.14. The van der Waals surface area contributed by atoms with Crippen LogP contribution in [0.15, 0.2) is 16.6 Å². The van der Waals surface area contributed by atoms with Gasteiger partial charge in [0.1, 0.15) is 0 Å². The smallest absolute Gasteiger partial charge is 0.182 e. The van der Waals surface area contributed by atoms with Crippen molar-refractivity contribution in [1.29, 1.82) is 0 Å². The molecule has 1 fully saturated rings. The fraction of sp³-hybridized carbons (Fsp3) is 0.462. The first-order valence-corrected chi connectivity index (χ1v) is 7.32. The van der Waals surface area contributed by atoms with Crippen molar-refractivity contribution in [2.24, 2.45) is 0 Å². The number of rotatable bonds is 2. The first-order chi connectivity index (χ1) is 9.58. The third kappa shape index (κ3) is 2.20. The van der Waals surface area contributed by atoms with Gasteiger partial charge in [0.05, 0.1) is 12.1 Å². The maximum Gasteiger partial charge on any atom is 0.182 e. The quantitative estimate of drug-likeness (QED) is 0.851. The van der Waals surface area contributed by atoms with Crippen molar-refractivity contribution in [3.8, 4) is 11.4 Å². The summed E-state index contributed by atoms with van der Waals surface area (Å²) in [5.41, 5.74) is 8.68. The second-order valence-electron chi connectivity index (χ2n) is 5.05. The molecule has 1 aliphatic heterocycles. The first kappa shape index (κ1) is 13.5. The Kier molecular flexibility index (Phi) is 3.47. The summed E-state index contributed by atoms with van der Waals surface area (Å²) in [6.45, 7) is 4.76. The molecule has 2 N–H and O–H groups in total. The monoisotopic (exact) mass is 337 g/mol. The summed E-state index contributed by atoms with van der Waals surface area (Å²) in [7, 11) is 0. The van der Waals surface area contributed by atoms with Gasteiger partial charge < -0.3 is 10.5 Å². The van der Waals surface area contributed by atoms with Crippen LogP contribution in [0.25, 0.3) is 11.4 Å². The lowest BCUT2D eigenvalue weighted by molar-refractivity contribution is 0.105. The molecule has 20 heavy (non-hydrogen) atoms. The molecule has 0 spiro atoms. The molecule has 7 heteroatoms. The van der Waals surface area contributed by atoms with Gasteiger partial charge in [-0.25, -0.2) is 4.68 Å². The SMILES string of the molecule is Cc1c(N)cc(Br)cc1-c1nnnn1C1CCOC1C. The van der Waals surface area contributed by atoms with Crippen molar-refractivity contribution in [2.45, 2.75) is 32.4 Å². The van der Waals surface area contributed by atoms with Crippen LogP contribution in [-0.4, -0.2) is 32.9 Å². The Hall–Kier alpha value is -1.47. The van der Waals surface area contributed by atoms with E-state index < -0.39 is 0 Å². The number of nitrogen functional groups attached to an aromatic ring is 1. The van der Waals surface area contributed by atoms with Crippen LogP contribution in [0.4, 0.5) is 5.69 Å². The Balaban J connectivity index is 2.10. The van der Waals surface area contributed by atoms with Gasteiger partial charge in [0.2, 0.25) is 0 Å². The van der Waals surface area contributed by atoms with Gasteiger partial charge in [0.25, 0.3) is 0 Å². The molecule has 2 unspecified atom stereocenters. The predicted molar refractivity (Wildman–Crippen MR) is 79.2 cm³/mol. The van der Waals surface area contributed by atoms with E-state index in [0.717, 1.165) is 40.1 Å². The highest BCUT2D eigenvalue weighted by Gasteiger charge is 2.30. The highest BCUT2D eigenvalue weighted by molar-refractivity contribution is 9.10. The minimum atomic E-state index is 0.113. The summed E-state index contributed by atoms with van der Waals surface area (Å²) in [6, 6.07) is 4.04. The van der Waals surface area contributed by atoms with E-state index >= 15 is 0 Å². The van der Waals surface area contributed by atoms with E-state index in [2.05, 4.69) is 31.5 Å². The topological polar surface area (TPSA) is 78.9 Å². The predicted octanol–water partition coefficient (Wildman–Crippen LogP) is 2.34. The highest BCUT2D eigenvalue weighted by Crippen LogP contribution is 2.33. The Bertz CT molecular complexity index is 642. The van der Waals surface area contributed by atoms with Crippen molar-refractivity contribution in [2.75, 3.05) is 12.3 Å². The minimum Gasteiger partial charge on any atom is -0.398 e. The summed E-state index contributed by atoms with van der Waals surface area (Å²) in [5, 5.41) is 12.2. The Morgan fingerprint density at radius 1 is 1.45 bits per heavy atom. The third-order valence-corrected chi connectivity index (χ3v) is 4.25. The van der Waals surface area contributed by atoms with Crippen LogP contribution in [0.2, 0.25) is 0 Å². The number of nitrogens with two attached hydrogens (primary N) is 1. The average molecular weight is 338 g/mol. The highest BCUT2D eigenvalue weighted by atomic mass is 79.9. The van der Waals surface area contributed by atoms with Crippen molar-refractivity contribution < 1.29 is 4.74 Å². The molecule has 0 amide bonds. The largest absolute Gasteiger partial charge is 0.398 e. The van der Waals surface area contributed by atoms with Gasteiger partial charge in [0.15, 0.2) is 5.82 Å². The lowest BCUT2D eigenvalue weighted by atomic mass is 10.1. The molecule has 1 aliphatic rings. The van der Waals surface area contributed by atoms with Gasteiger partial charge >= 0.3 is 0 Å². The fourth-order valence-corrected chi connectivity index (χ4v) is 3.04. The maximum atomic E-state index is 6.03. The number of ether oxygens (including phenoxy) is 1. The molecule has 1 aromatic carbocycles. The van der Waals surface area contributed by atoms with E-state index in [-0.39, 0.29) is 12.1 Å². The summed E-state index contributed by atoms with van der Waals surface area (Å²) in [5.74, 6) is 0.734. The van der Waals surface area contributed by atoms with E-state index in [1.165, 1.54) is 0 Å². The molecule has 0 aliphatic carbocycles. The standard InChI is InChI=1S/C13H16BrN5O/c1-7-10(5-9(14)6-11(7)15)13-16-17-18-19(13)12-3-4-20-8(12)2/h5-6,8,12H,3-4,15H2,1-2H3. The van der Waals surface area contributed by atoms with Crippen molar-refractivity contribution in [1.82, 2.24) is 20.2 Å². The van der Waals surface area contributed by atoms with Crippen LogP contribution < -0.4 is 5.73 Å². The molecular formula is C13H16BrN5O. The normalized spacial score (nSPS) is 22.4. The lowest BCUT2D eigenvalue weighted by Crippen LogP contribution is -2.19. The number of anilines is 1. The Labute approximate surface area is 125 Å². The average Bonchev–Trinajstić information content (AvgIpc) is 3.01. The molecule has 2 atom stereocenters. The van der Waals surface area contributed by atoms with Gasteiger partial charge in [-0.15, -0.1) is 5.10 Å². The molecule has 106 valence electrons. The van der Waals surface area contributed by atoms with Crippen molar-refractivity contribution in [3.05, 3.63) is 22.2 Å². The third-order valence-electron chi connectivity index (χ3n) is 3.80.